The van der Waals surface area contributed by atoms with E-state index in [1.807, 2.05) is 24.3 Å². The predicted molar refractivity (Wildman–Crippen MR) is 101 cm³/mol. The molecule has 1 N–H and O–H groups in total. The molecule has 2 fully saturated rings. The number of benzene rings is 1. The highest BCUT2D eigenvalue weighted by atomic mass is 35.5. The highest BCUT2D eigenvalue weighted by molar-refractivity contribution is 7.98. The number of rotatable bonds is 3. The molecule has 0 aromatic heterocycles. The third-order valence-corrected chi connectivity index (χ3v) is 6.30. The van der Waals surface area contributed by atoms with E-state index in [4.69, 9.17) is 23.2 Å². The minimum absolute atomic E-state index is 0. The number of fused-ring (bicyclic) bond motifs is 2. The van der Waals surface area contributed by atoms with E-state index < -0.39 is 0 Å². The van der Waals surface area contributed by atoms with Crippen LogP contribution >= 0.6 is 47.4 Å². The van der Waals surface area contributed by atoms with E-state index >= 15 is 0 Å². The van der Waals surface area contributed by atoms with Gasteiger partial charge < -0.3 is 10.2 Å². The third-order valence-electron chi connectivity index (χ3n) is 4.79. The maximum absolute atomic E-state index is 12.8. The smallest absolute Gasteiger partial charge is 0.255 e. The molecule has 1 aromatic rings. The SMILES string of the molecule is CSc1cc(C(=O)N(C)C2CC3CCC(C2)N3)c(Cl)cc1Cl.Cl. The maximum Gasteiger partial charge on any atom is 0.255 e. The standard InChI is InChI=1S/C16H20Cl2N2OS.ClH/c1-20(11-5-9-3-4-10(6-11)19-9)16(21)12-7-15(22-2)14(18)8-13(12)17;/h7-11,19H,3-6H2,1-2H3;1H. The molecule has 3 rings (SSSR count). The Morgan fingerprint density at radius 1 is 1.22 bits per heavy atom. The molecule has 23 heavy (non-hydrogen) atoms. The maximum atomic E-state index is 12.8. The van der Waals surface area contributed by atoms with Crippen LogP contribution in [0.15, 0.2) is 17.0 Å². The van der Waals surface area contributed by atoms with Crippen molar-refractivity contribution in [3.63, 3.8) is 0 Å². The number of hydrogen-bond donors (Lipinski definition) is 1. The molecule has 2 heterocycles. The molecule has 2 aliphatic heterocycles. The lowest BCUT2D eigenvalue weighted by Crippen LogP contribution is -2.48. The summed E-state index contributed by atoms with van der Waals surface area (Å²) in [5.74, 6) is -0.0109. The molecule has 2 aliphatic rings. The van der Waals surface area contributed by atoms with Crippen LogP contribution in [-0.4, -0.2) is 42.2 Å². The Kier molecular flexibility index (Phi) is 6.54. The Hall–Kier alpha value is -0.130. The molecular formula is C16H21Cl3N2OS. The van der Waals surface area contributed by atoms with Crippen LogP contribution in [0.2, 0.25) is 10.0 Å². The molecule has 2 saturated heterocycles. The van der Waals surface area contributed by atoms with Gasteiger partial charge in [-0.2, -0.15) is 0 Å². The molecule has 2 bridgehead atoms. The number of carbonyl (C=O) groups excluding carboxylic acids is 1. The van der Waals surface area contributed by atoms with Gasteiger partial charge in [0.15, 0.2) is 0 Å². The van der Waals surface area contributed by atoms with Gasteiger partial charge in [0.2, 0.25) is 0 Å². The molecule has 2 atom stereocenters. The summed E-state index contributed by atoms with van der Waals surface area (Å²) >= 11 is 13.9. The van der Waals surface area contributed by atoms with Crippen molar-refractivity contribution in [3.05, 3.63) is 27.7 Å². The molecule has 3 nitrogen and oxygen atoms in total. The fourth-order valence-electron chi connectivity index (χ4n) is 3.55. The lowest BCUT2D eigenvalue weighted by molar-refractivity contribution is 0.0681. The fraction of sp³-hybridized carbons (Fsp3) is 0.562. The van der Waals surface area contributed by atoms with E-state index in [0.717, 1.165) is 17.7 Å². The zero-order chi connectivity index (χ0) is 15.9. The van der Waals surface area contributed by atoms with E-state index in [1.165, 1.54) is 24.6 Å². The summed E-state index contributed by atoms with van der Waals surface area (Å²) in [5, 5.41) is 4.63. The largest absolute Gasteiger partial charge is 0.339 e. The molecule has 0 radical (unpaired) electrons. The Bertz CT molecular complexity index is 587. The minimum Gasteiger partial charge on any atom is -0.339 e. The van der Waals surface area contributed by atoms with Crippen molar-refractivity contribution in [1.29, 1.82) is 0 Å². The van der Waals surface area contributed by atoms with Crippen LogP contribution < -0.4 is 5.32 Å². The number of nitrogens with zero attached hydrogens (tertiary/aromatic N) is 1. The van der Waals surface area contributed by atoms with E-state index in [-0.39, 0.29) is 24.4 Å². The summed E-state index contributed by atoms with van der Waals surface area (Å²) in [5.41, 5.74) is 0.545. The van der Waals surface area contributed by atoms with Gasteiger partial charge in [-0.1, -0.05) is 23.2 Å². The second kappa shape index (κ2) is 7.83. The van der Waals surface area contributed by atoms with Crippen LogP contribution in [0.1, 0.15) is 36.0 Å². The van der Waals surface area contributed by atoms with E-state index in [2.05, 4.69) is 5.32 Å². The monoisotopic (exact) mass is 394 g/mol. The fourth-order valence-corrected chi connectivity index (χ4v) is 4.73. The number of thioether (sulfide) groups is 1. The molecule has 0 saturated carbocycles. The van der Waals surface area contributed by atoms with Crippen LogP contribution in [0.5, 0.6) is 0 Å². The molecular weight excluding hydrogens is 375 g/mol. The van der Waals surface area contributed by atoms with Crippen LogP contribution in [0.4, 0.5) is 0 Å². The number of amides is 1. The van der Waals surface area contributed by atoms with Gasteiger partial charge in [-0.15, -0.1) is 24.2 Å². The predicted octanol–water partition coefficient (Wildman–Crippen LogP) is 4.49. The second-order valence-electron chi connectivity index (χ2n) is 6.15. The quantitative estimate of drug-likeness (QED) is 0.765. The Labute approximate surface area is 157 Å². The normalized spacial score (nSPS) is 25.8. The Balaban J connectivity index is 0.00000192. The van der Waals surface area contributed by atoms with Crippen molar-refractivity contribution in [2.75, 3.05) is 13.3 Å². The summed E-state index contributed by atoms with van der Waals surface area (Å²) in [6.07, 6.45) is 6.44. The van der Waals surface area contributed by atoms with Crippen molar-refractivity contribution >= 4 is 53.3 Å². The lowest BCUT2D eigenvalue weighted by Gasteiger charge is -2.35. The van der Waals surface area contributed by atoms with Crippen LogP contribution in [0.3, 0.4) is 0 Å². The molecule has 1 aromatic carbocycles. The van der Waals surface area contributed by atoms with E-state index in [1.54, 1.807) is 6.07 Å². The Morgan fingerprint density at radius 2 is 1.83 bits per heavy atom. The van der Waals surface area contributed by atoms with E-state index in [0.29, 0.717) is 27.7 Å². The molecule has 7 heteroatoms. The first-order valence-corrected chi connectivity index (χ1v) is 9.54. The third kappa shape index (κ3) is 3.93. The number of carbonyl (C=O) groups is 1. The molecule has 128 valence electrons. The average molecular weight is 396 g/mol. The van der Waals surface area contributed by atoms with Gasteiger partial charge in [0.05, 0.1) is 15.6 Å². The molecule has 0 spiro atoms. The summed E-state index contributed by atoms with van der Waals surface area (Å²) < 4.78 is 0. The van der Waals surface area contributed by atoms with E-state index in [9.17, 15) is 4.79 Å². The van der Waals surface area contributed by atoms with Crippen LogP contribution in [0, 0.1) is 0 Å². The zero-order valence-corrected chi connectivity index (χ0v) is 16.3. The van der Waals surface area contributed by atoms with Crippen LogP contribution in [-0.2, 0) is 0 Å². The van der Waals surface area contributed by atoms with Crippen molar-refractivity contribution in [2.45, 2.75) is 48.7 Å². The first kappa shape index (κ1) is 19.2. The first-order valence-electron chi connectivity index (χ1n) is 7.56. The Morgan fingerprint density at radius 3 is 2.39 bits per heavy atom. The number of nitrogens with one attached hydrogen (secondary N) is 1. The molecule has 2 unspecified atom stereocenters. The van der Waals surface area contributed by atoms with Crippen molar-refractivity contribution < 1.29 is 4.79 Å². The molecule has 0 aliphatic carbocycles. The minimum atomic E-state index is -0.0109. The van der Waals surface area contributed by atoms with Gasteiger partial charge >= 0.3 is 0 Å². The van der Waals surface area contributed by atoms with Gasteiger partial charge in [0.25, 0.3) is 5.91 Å². The topological polar surface area (TPSA) is 32.3 Å². The summed E-state index contributed by atoms with van der Waals surface area (Å²) in [7, 11) is 1.89. The van der Waals surface area contributed by atoms with Gasteiger partial charge in [-0.05, 0) is 44.1 Å². The highest BCUT2D eigenvalue weighted by Crippen LogP contribution is 2.34. The average Bonchev–Trinajstić information content (AvgIpc) is 2.84. The highest BCUT2D eigenvalue weighted by Gasteiger charge is 2.36. The first-order chi connectivity index (χ1) is 10.5. The molecule has 1 amide bonds. The van der Waals surface area contributed by atoms with Crippen molar-refractivity contribution in [2.24, 2.45) is 0 Å². The number of halogens is 3. The summed E-state index contributed by atoms with van der Waals surface area (Å²) in [6, 6.07) is 4.88. The van der Waals surface area contributed by atoms with Crippen molar-refractivity contribution in [3.8, 4) is 0 Å². The van der Waals surface area contributed by atoms with Gasteiger partial charge in [-0.3, -0.25) is 4.79 Å². The van der Waals surface area contributed by atoms with Gasteiger partial charge in [-0.25, -0.2) is 0 Å². The van der Waals surface area contributed by atoms with Crippen LogP contribution in [0.25, 0.3) is 0 Å². The second-order valence-corrected chi connectivity index (χ2v) is 7.81. The zero-order valence-electron chi connectivity index (χ0n) is 13.1. The summed E-state index contributed by atoms with van der Waals surface area (Å²) in [4.78, 5) is 15.6. The number of hydrogen-bond acceptors (Lipinski definition) is 3. The van der Waals surface area contributed by atoms with Gasteiger partial charge in [0, 0.05) is 30.1 Å². The number of piperidine rings is 1. The van der Waals surface area contributed by atoms with Gasteiger partial charge in [0.1, 0.15) is 0 Å². The van der Waals surface area contributed by atoms with Crippen molar-refractivity contribution in [1.82, 2.24) is 10.2 Å². The lowest BCUT2D eigenvalue weighted by atomic mass is 9.98. The summed E-state index contributed by atoms with van der Waals surface area (Å²) in [6.45, 7) is 0.